The summed E-state index contributed by atoms with van der Waals surface area (Å²) in [5.74, 6) is 1.85. The van der Waals surface area contributed by atoms with Crippen LogP contribution in [-0.4, -0.2) is 23.7 Å². The Bertz CT molecular complexity index is 8620. The average Bonchev–Trinajstić information content (AvgIpc) is 1.55. The standard InChI is InChI=1S/C40H23NO.C39H22N2O.C33H18N2O/c1-2-9-24(10-3-1)26-12-6-13-27(21-26)41-34-17-8-16-30-32-23-37-33(28-14-4-5-18-36(28)42-37)22-31(32)29-15-7-11-25-19-20-35(41)40(38(25)29)39(30)34;1-2-9-23(10-3-1)31-15-8-18-36(40-31)41-32-16-7-14-27-29-22-35-30(25-12-4-5-17-34(25)42-35)21-28(29)26-13-6-11-24-19-20-33(41)39(37(24)26)38(27)32;1-2-12-28-20(8-1)25-17-23-21-9-5-7-19-14-15-27-33(31(19)21)32-22(24(23)18-29(25)36-28)10-6-11-26(32)35(27)30-13-3-4-16-34-30/h1-23H;1-22H;1-18H. The Morgan fingerprint density at radius 3 is 1.00 bits per heavy atom. The lowest BCUT2D eigenvalue weighted by Gasteiger charge is -2.14. The van der Waals surface area contributed by atoms with E-state index < -0.39 is 0 Å². The summed E-state index contributed by atoms with van der Waals surface area (Å²) in [5.41, 5.74) is 33.2. The fourth-order valence-corrected chi connectivity index (χ4v) is 20.8. The molecule has 0 saturated heterocycles. The number of hydrogen-bond acceptors (Lipinski definition) is 5. The van der Waals surface area contributed by atoms with E-state index in [4.69, 9.17) is 23.2 Å². The van der Waals surface area contributed by atoms with Crippen LogP contribution in [0.15, 0.2) is 396 Å². The first-order valence-electron chi connectivity index (χ1n) is 41.0. The van der Waals surface area contributed by atoms with Gasteiger partial charge in [-0.1, -0.05) is 249 Å². The van der Waals surface area contributed by atoms with Crippen LogP contribution in [0.25, 0.3) is 270 Å². The van der Waals surface area contributed by atoms with Gasteiger partial charge in [-0.2, -0.15) is 0 Å². The fourth-order valence-electron chi connectivity index (χ4n) is 20.8. The molecule has 0 radical (unpaired) electrons. The van der Waals surface area contributed by atoms with Crippen molar-refractivity contribution in [1.82, 2.24) is 23.7 Å². The van der Waals surface area contributed by atoms with E-state index in [2.05, 4.69) is 353 Å². The van der Waals surface area contributed by atoms with E-state index >= 15 is 0 Å². The van der Waals surface area contributed by atoms with Crippen molar-refractivity contribution in [3.63, 3.8) is 0 Å². The highest BCUT2D eigenvalue weighted by atomic mass is 16.3. The zero-order valence-electron chi connectivity index (χ0n) is 64.3. The molecule has 8 nitrogen and oxygen atoms in total. The molecule has 8 heteroatoms. The Labute approximate surface area is 684 Å². The van der Waals surface area contributed by atoms with Gasteiger partial charge in [0.25, 0.3) is 0 Å². The van der Waals surface area contributed by atoms with Gasteiger partial charge in [0, 0.05) is 82.1 Å². The SMILES string of the molecule is c1ccc(-c2cccc(-n3c4cccc5c4c4c6c(cccc6ccc43)-c3cc4c(cc3-5)oc3ccccc34)c2)cc1.c1ccc(-c2cccc(-n3c4cccc5c4c4c6c(cccc6ccc43)-c3cc4c(cc3-5)oc3ccccc34)n2)cc1.c1ccc(-n2c3cccc4c3c3c5c(cccc5ccc32)-c2cc3c(cc2-4)oc2ccccc23)nc1. The summed E-state index contributed by atoms with van der Waals surface area (Å²) in [5, 5.41) is 22.3. The minimum atomic E-state index is 0.915. The topological polar surface area (TPSA) is 80.0 Å². The third-order valence-corrected chi connectivity index (χ3v) is 25.8. The first-order valence-corrected chi connectivity index (χ1v) is 41.0. The predicted octanol–water partition coefficient (Wildman–Crippen LogP) is 30.6. The van der Waals surface area contributed by atoms with Gasteiger partial charge in [-0.25, -0.2) is 9.97 Å². The molecule has 0 atom stereocenters. The van der Waals surface area contributed by atoms with Crippen LogP contribution in [0.2, 0.25) is 0 Å². The molecule has 26 aromatic rings. The maximum Gasteiger partial charge on any atom is 0.138 e. The van der Waals surface area contributed by atoms with Crippen molar-refractivity contribution in [3.05, 3.63) is 382 Å². The Hall–Kier alpha value is -16.2. The summed E-state index contributed by atoms with van der Waals surface area (Å²) < 4.78 is 26.2. The number of hydrogen-bond donors (Lipinski definition) is 0. The Kier molecular flexibility index (Phi) is 13.4. The Morgan fingerprint density at radius 2 is 0.542 bits per heavy atom. The monoisotopic (exact) mass is 1530 g/mol. The predicted molar refractivity (Wildman–Crippen MR) is 496 cm³/mol. The molecule has 0 unspecified atom stereocenters. The van der Waals surface area contributed by atoms with Crippen molar-refractivity contribution in [1.29, 1.82) is 0 Å². The van der Waals surface area contributed by atoms with Crippen molar-refractivity contribution in [2.24, 2.45) is 0 Å². The third-order valence-electron chi connectivity index (χ3n) is 25.8. The van der Waals surface area contributed by atoms with E-state index in [0.29, 0.717) is 0 Å². The molecule has 0 aliphatic heterocycles. The third kappa shape index (κ3) is 9.18. The van der Waals surface area contributed by atoms with Crippen LogP contribution < -0.4 is 0 Å². The van der Waals surface area contributed by atoms with Crippen LogP contribution in [-0.2, 0) is 0 Å². The molecule has 8 aromatic heterocycles. The van der Waals surface area contributed by atoms with E-state index in [0.717, 1.165) is 99.7 Å². The first kappa shape index (κ1) is 65.1. The zero-order valence-corrected chi connectivity index (χ0v) is 64.3. The van der Waals surface area contributed by atoms with Crippen LogP contribution in [0.3, 0.4) is 0 Å². The van der Waals surface area contributed by atoms with Crippen LogP contribution >= 0.6 is 0 Å². The molecule has 0 saturated carbocycles. The highest BCUT2D eigenvalue weighted by molar-refractivity contribution is 6.35. The minimum Gasteiger partial charge on any atom is -0.456 e. The van der Waals surface area contributed by atoms with Crippen molar-refractivity contribution in [3.8, 4) is 106 Å². The first-order chi connectivity index (χ1) is 59.5. The van der Waals surface area contributed by atoms with Gasteiger partial charge in [0.15, 0.2) is 0 Å². The molecule has 554 valence electrons. The number of nitrogens with zero attached hydrogens (tertiary/aromatic N) is 5. The van der Waals surface area contributed by atoms with Gasteiger partial charge in [0.05, 0.1) is 38.8 Å². The molecule has 0 fully saturated rings. The number of para-hydroxylation sites is 3. The summed E-state index contributed by atoms with van der Waals surface area (Å²) in [4.78, 5) is 9.92. The number of rotatable bonds is 5. The van der Waals surface area contributed by atoms with E-state index in [1.807, 2.05) is 42.6 Å². The molecule has 0 amide bonds. The Balaban J connectivity index is 0.0000000955. The second-order valence-electron chi connectivity index (χ2n) is 32.0. The number of benzene rings is 18. The van der Waals surface area contributed by atoms with Crippen molar-refractivity contribution < 1.29 is 13.3 Å². The molecule has 3 aliphatic rings. The van der Waals surface area contributed by atoms with Crippen molar-refractivity contribution >= 4 is 164 Å². The second-order valence-corrected chi connectivity index (χ2v) is 32.0. The Morgan fingerprint density at radius 1 is 0.192 bits per heavy atom. The molecular formula is C112H63N5O3. The van der Waals surface area contributed by atoms with E-state index in [1.165, 1.54) is 170 Å². The lowest BCUT2D eigenvalue weighted by Crippen LogP contribution is -1.99. The lowest BCUT2D eigenvalue weighted by atomic mass is 9.92. The number of pyridine rings is 2. The second kappa shape index (κ2) is 24.7. The maximum absolute atomic E-state index is 6.40. The molecule has 0 spiro atoms. The number of furan rings is 3. The number of fused-ring (bicyclic) bond motifs is 18. The van der Waals surface area contributed by atoms with E-state index in [1.54, 1.807) is 0 Å². The normalized spacial score (nSPS) is 12.3. The highest BCUT2D eigenvalue weighted by Crippen LogP contribution is 2.56. The molecular weight excluding hydrogens is 1460 g/mol. The largest absolute Gasteiger partial charge is 0.456 e. The molecule has 3 aliphatic carbocycles. The summed E-state index contributed by atoms with van der Waals surface area (Å²) in [6, 6.07) is 135. The van der Waals surface area contributed by atoms with Crippen LogP contribution in [0, 0.1) is 0 Å². The molecule has 18 aromatic carbocycles. The molecule has 0 bridgehead atoms. The van der Waals surface area contributed by atoms with Gasteiger partial charge in [-0.3, -0.25) is 9.13 Å². The summed E-state index contributed by atoms with van der Waals surface area (Å²) in [6.45, 7) is 0. The smallest absolute Gasteiger partial charge is 0.138 e. The van der Waals surface area contributed by atoms with E-state index in [-0.39, 0.29) is 0 Å². The van der Waals surface area contributed by atoms with Crippen molar-refractivity contribution in [2.75, 3.05) is 0 Å². The van der Waals surface area contributed by atoms with Gasteiger partial charge in [-0.05, 0) is 238 Å². The molecule has 29 rings (SSSR count). The van der Waals surface area contributed by atoms with Gasteiger partial charge in [0.2, 0.25) is 0 Å². The van der Waals surface area contributed by atoms with E-state index in [9.17, 15) is 0 Å². The highest BCUT2D eigenvalue weighted by Gasteiger charge is 2.31. The average molecular weight is 1530 g/mol. The molecule has 0 N–H and O–H groups in total. The minimum absolute atomic E-state index is 0.915. The molecule has 120 heavy (non-hydrogen) atoms. The van der Waals surface area contributed by atoms with Crippen LogP contribution in [0.1, 0.15) is 0 Å². The summed E-state index contributed by atoms with van der Waals surface area (Å²) in [6.07, 6.45) is 1.86. The fraction of sp³-hybridized carbons (Fsp3) is 0. The van der Waals surface area contributed by atoms with Crippen LogP contribution in [0.5, 0.6) is 0 Å². The lowest BCUT2D eigenvalue weighted by molar-refractivity contribution is 0.668. The zero-order chi connectivity index (χ0) is 78.1. The van der Waals surface area contributed by atoms with Gasteiger partial charge in [0.1, 0.15) is 45.1 Å². The quantitative estimate of drug-likeness (QED) is 0.172. The molecule has 8 heterocycles. The summed E-state index contributed by atoms with van der Waals surface area (Å²) >= 11 is 0. The number of aromatic nitrogens is 5. The van der Waals surface area contributed by atoms with Gasteiger partial charge < -0.3 is 17.8 Å². The summed E-state index contributed by atoms with van der Waals surface area (Å²) in [7, 11) is 0. The van der Waals surface area contributed by atoms with Crippen molar-refractivity contribution in [2.45, 2.75) is 0 Å². The van der Waals surface area contributed by atoms with Gasteiger partial charge in [-0.15, -0.1) is 0 Å². The maximum atomic E-state index is 6.40. The van der Waals surface area contributed by atoms with Gasteiger partial charge >= 0.3 is 0 Å². The van der Waals surface area contributed by atoms with Crippen LogP contribution in [0.4, 0.5) is 0 Å².